The Morgan fingerprint density at radius 2 is 1.63 bits per heavy atom. The number of hydrogen-bond acceptors (Lipinski definition) is 14. The molecule has 1 atom stereocenters. The predicted octanol–water partition coefficient (Wildman–Crippen LogP) is 3.53. The minimum absolute atomic E-state index is 0.0701. The second-order valence-electron chi connectivity index (χ2n) is 16.9. The van der Waals surface area contributed by atoms with Crippen LogP contribution >= 0.6 is 0 Å². The Morgan fingerprint density at radius 3 is 2.40 bits per heavy atom. The van der Waals surface area contributed by atoms with Crippen LogP contribution < -0.4 is 31.3 Å². The van der Waals surface area contributed by atoms with Gasteiger partial charge in [-0.2, -0.15) is 4.68 Å². The largest absolute Gasteiger partial charge is 0.371 e. The number of rotatable bonds is 10. The van der Waals surface area contributed by atoms with Crippen LogP contribution in [0.1, 0.15) is 66.8 Å². The minimum atomic E-state index is -0.845. The summed E-state index contributed by atoms with van der Waals surface area (Å²) in [6.07, 6.45) is 7.48. The van der Waals surface area contributed by atoms with Gasteiger partial charge in [0.15, 0.2) is 17.0 Å². The number of imide groups is 1. The first-order chi connectivity index (χ1) is 30.2. The summed E-state index contributed by atoms with van der Waals surface area (Å²) in [7, 11) is 0. The number of amides is 3. The first-order valence-corrected chi connectivity index (χ1v) is 21.5. The summed E-state index contributed by atoms with van der Waals surface area (Å²) in [5, 5.41) is 17.5. The van der Waals surface area contributed by atoms with E-state index in [-0.39, 0.29) is 42.3 Å². The van der Waals surface area contributed by atoms with Crippen molar-refractivity contribution in [2.45, 2.75) is 63.6 Å². The molecule has 62 heavy (non-hydrogen) atoms. The molecule has 10 rings (SSSR count). The lowest BCUT2D eigenvalue weighted by molar-refractivity contribution is -0.136. The van der Waals surface area contributed by atoms with Crippen LogP contribution in [0.15, 0.2) is 78.1 Å². The molecule has 18 nitrogen and oxygen atoms in total. The van der Waals surface area contributed by atoms with Gasteiger partial charge >= 0.3 is 0 Å². The monoisotopic (exact) mass is 836 g/mol. The summed E-state index contributed by atoms with van der Waals surface area (Å²) in [4.78, 5) is 75.6. The van der Waals surface area contributed by atoms with Crippen LogP contribution in [0.3, 0.4) is 0 Å². The highest BCUT2D eigenvalue weighted by Crippen LogP contribution is 2.36. The maximum atomic E-state index is 13.4. The van der Waals surface area contributed by atoms with Gasteiger partial charge < -0.3 is 25.0 Å². The first-order valence-electron chi connectivity index (χ1n) is 21.5. The lowest BCUT2D eigenvalue weighted by atomic mass is 9.86. The summed E-state index contributed by atoms with van der Waals surface area (Å²) in [5.41, 5.74) is 5.91. The lowest BCUT2D eigenvalue weighted by Gasteiger charge is -2.40. The zero-order valence-electron chi connectivity index (χ0n) is 34.5. The maximum absolute atomic E-state index is 13.4. The van der Waals surface area contributed by atoms with Gasteiger partial charge in [0.2, 0.25) is 5.91 Å². The standard InChI is InChI=1S/C44H48N14O4/c1-27-3-2-4-36(48-27)42(60)50-30-21-33(22-30)57-26-47-39-40(45-25-46-41(39)57)49-29-5-7-31(8-6-29)56-19-17-54(18-20-56)24-28-13-15-55(16-14-28)32-9-10-35-34(23-32)44(62)58(53-52-35)37-11-12-38(59)51-43(37)61/h2-10,23,25-26,28,30,33,37H,11-22,24H2,1H3,(H,50,60)(H,45,46,49)(H,51,59,61)/t30?,33?,37-/m0/s1. The van der Waals surface area contributed by atoms with Crippen LogP contribution in [0.2, 0.25) is 0 Å². The number of fused-ring (bicyclic) bond motifs is 2. The number of benzene rings is 2. The highest BCUT2D eigenvalue weighted by molar-refractivity contribution is 5.99. The van der Waals surface area contributed by atoms with Crippen molar-refractivity contribution < 1.29 is 14.4 Å². The van der Waals surface area contributed by atoms with Crippen molar-refractivity contribution in [3.8, 4) is 0 Å². The van der Waals surface area contributed by atoms with Crippen molar-refractivity contribution in [3.05, 3.63) is 95.1 Å². The first kappa shape index (κ1) is 39.3. The molecule has 4 fully saturated rings. The molecule has 2 aromatic carbocycles. The molecule has 0 unspecified atom stereocenters. The van der Waals surface area contributed by atoms with E-state index in [0.717, 1.165) is 98.9 Å². The van der Waals surface area contributed by atoms with Gasteiger partial charge in [-0.1, -0.05) is 11.3 Å². The molecule has 18 heteroatoms. The molecule has 0 radical (unpaired) electrons. The number of piperidine rings is 2. The third-order valence-electron chi connectivity index (χ3n) is 12.9. The van der Waals surface area contributed by atoms with Crippen molar-refractivity contribution in [2.75, 3.05) is 60.9 Å². The van der Waals surface area contributed by atoms with Crippen molar-refractivity contribution >= 4 is 62.7 Å². The van der Waals surface area contributed by atoms with Crippen molar-refractivity contribution in [1.82, 2.24) is 55.0 Å². The van der Waals surface area contributed by atoms with E-state index in [2.05, 4.69) is 89.7 Å². The quantitative estimate of drug-likeness (QED) is 0.169. The van der Waals surface area contributed by atoms with Gasteiger partial charge in [-0.25, -0.2) is 19.9 Å². The lowest BCUT2D eigenvalue weighted by Crippen LogP contribution is -2.49. The Hall–Kier alpha value is -6.82. The molecule has 0 spiro atoms. The van der Waals surface area contributed by atoms with E-state index < -0.39 is 11.9 Å². The fourth-order valence-electron chi connectivity index (χ4n) is 9.25. The number of carbonyl (C=O) groups excluding carboxylic acids is 3. The van der Waals surface area contributed by atoms with E-state index >= 15 is 0 Å². The average molecular weight is 837 g/mol. The molecule has 318 valence electrons. The fraction of sp³-hybridized carbons (Fsp3) is 0.409. The average Bonchev–Trinajstić information content (AvgIpc) is 3.70. The number of imidazole rings is 1. The topological polar surface area (TPSA) is 201 Å². The minimum Gasteiger partial charge on any atom is -0.371 e. The Kier molecular flexibility index (Phi) is 10.5. The number of hydrogen-bond donors (Lipinski definition) is 3. The maximum Gasteiger partial charge on any atom is 0.278 e. The van der Waals surface area contributed by atoms with Gasteiger partial charge in [-0.15, -0.1) is 5.10 Å². The van der Waals surface area contributed by atoms with Crippen LogP contribution in [0.4, 0.5) is 22.9 Å². The highest BCUT2D eigenvalue weighted by Gasteiger charge is 2.34. The van der Waals surface area contributed by atoms with Crippen molar-refractivity contribution in [2.24, 2.45) is 5.92 Å². The van der Waals surface area contributed by atoms with Crippen LogP contribution in [0.5, 0.6) is 0 Å². The molecule has 6 aromatic rings. The fourth-order valence-corrected chi connectivity index (χ4v) is 9.25. The molecule has 0 bridgehead atoms. The SMILES string of the molecule is Cc1cccc(C(=O)NC2CC(n3cnc4c(Nc5ccc(N6CCN(CC7CCN(c8ccc9nnn([C@H]%10CCC(=O)NC%10=O)c(=O)c9c8)CC7)CC6)cc5)ncnc43)C2)n1. The number of carbonyl (C=O) groups is 3. The van der Waals surface area contributed by atoms with Crippen molar-refractivity contribution in [3.63, 3.8) is 0 Å². The molecule has 3 aliphatic heterocycles. The smallest absolute Gasteiger partial charge is 0.278 e. The number of nitrogens with one attached hydrogen (secondary N) is 3. The molecule has 1 aliphatic carbocycles. The predicted molar refractivity (Wildman–Crippen MR) is 232 cm³/mol. The number of piperazine rings is 1. The number of pyridine rings is 1. The second-order valence-corrected chi connectivity index (χ2v) is 16.9. The van der Waals surface area contributed by atoms with Crippen molar-refractivity contribution in [1.29, 1.82) is 0 Å². The third-order valence-corrected chi connectivity index (χ3v) is 12.9. The van der Waals surface area contributed by atoms with E-state index in [4.69, 9.17) is 0 Å². The third kappa shape index (κ3) is 7.92. The zero-order chi connectivity index (χ0) is 42.3. The van der Waals surface area contributed by atoms with Gasteiger partial charge in [-0.3, -0.25) is 29.4 Å². The molecular weight excluding hydrogens is 789 g/mol. The number of anilines is 4. The van der Waals surface area contributed by atoms with Crippen LogP contribution in [0.25, 0.3) is 22.1 Å². The molecule has 3 amide bonds. The molecule has 4 aromatic heterocycles. The highest BCUT2D eigenvalue weighted by atomic mass is 16.2. The van der Waals surface area contributed by atoms with E-state index in [1.807, 2.05) is 43.6 Å². The Balaban J connectivity index is 0.690. The molecule has 4 aliphatic rings. The number of nitrogens with zero attached hydrogens (tertiary/aromatic N) is 11. The number of aromatic nitrogens is 8. The summed E-state index contributed by atoms with van der Waals surface area (Å²) in [6, 6.07) is 19.0. The van der Waals surface area contributed by atoms with E-state index in [9.17, 15) is 19.2 Å². The second kappa shape index (κ2) is 16.6. The molecule has 3 N–H and O–H groups in total. The molecule has 7 heterocycles. The van der Waals surface area contributed by atoms with E-state index in [0.29, 0.717) is 33.8 Å². The molecule has 1 saturated carbocycles. The molecule has 3 saturated heterocycles. The zero-order valence-corrected chi connectivity index (χ0v) is 34.5. The van der Waals surface area contributed by atoms with Crippen LogP contribution in [0, 0.1) is 12.8 Å². The van der Waals surface area contributed by atoms with Gasteiger partial charge in [-0.05, 0) is 99.5 Å². The summed E-state index contributed by atoms with van der Waals surface area (Å²) < 4.78 is 3.20. The van der Waals surface area contributed by atoms with Gasteiger partial charge in [0.25, 0.3) is 17.4 Å². The van der Waals surface area contributed by atoms with Crippen LogP contribution in [-0.4, -0.2) is 114 Å². The Morgan fingerprint density at radius 1 is 0.855 bits per heavy atom. The van der Waals surface area contributed by atoms with Gasteiger partial charge in [0.05, 0.1) is 11.7 Å². The summed E-state index contributed by atoms with van der Waals surface area (Å²) in [5.74, 6) is 0.238. The van der Waals surface area contributed by atoms with E-state index in [1.54, 1.807) is 12.4 Å². The van der Waals surface area contributed by atoms with E-state index in [1.165, 1.54) is 5.69 Å². The molecular formula is C44H48N14O4. The Labute approximate surface area is 356 Å². The number of aryl methyl sites for hydroxylation is 1. The van der Waals surface area contributed by atoms with Crippen LogP contribution in [-0.2, 0) is 9.59 Å². The summed E-state index contributed by atoms with van der Waals surface area (Å²) in [6.45, 7) is 8.67. The normalized spacial score (nSPS) is 21.2. The Bertz CT molecular complexity index is 2710. The van der Waals surface area contributed by atoms with Gasteiger partial charge in [0, 0.05) is 87.1 Å². The summed E-state index contributed by atoms with van der Waals surface area (Å²) >= 11 is 0. The van der Waals surface area contributed by atoms with Gasteiger partial charge in [0.1, 0.15) is 23.6 Å².